The van der Waals surface area contributed by atoms with E-state index in [0.717, 1.165) is 37.4 Å². The van der Waals surface area contributed by atoms with Crippen LogP contribution >= 0.6 is 0 Å². The van der Waals surface area contributed by atoms with E-state index in [4.69, 9.17) is 4.52 Å². The van der Waals surface area contributed by atoms with Crippen LogP contribution in [0.15, 0.2) is 10.6 Å². The minimum atomic E-state index is 0.766. The zero-order valence-corrected chi connectivity index (χ0v) is 10.9. The lowest BCUT2D eigenvalue weighted by Crippen LogP contribution is -2.18. The summed E-state index contributed by atoms with van der Waals surface area (Å²) >= 11 is 0. The van der Waals surface area contributed by atoms with Crippen LogP contribution in [0.1, 0.15) is 34.8 Å². The number of aryl methyl sites for hydroxylation is 2. The van der Waals surface area contributed by atoms with E-state index in [0.29, 0.717) is 0 Å². The Kier molecular flexibility index (Phi) is 2.91. The Balaban J connectivity index is 1.65. The van der Waals surface area contributed by atoms with Gasteiger partial charge in [0.15, 0.2) is 5.76 Å². The normalized spacial score (nSPS) is 14.4. The van der Waals surface area contributed by atoms with Gasteiger partial charge < -0.3 is 4.52 Å². The quantitative estimate of drug-likeness (QED) is 0.894. The topological polar surface area (TPSA) is 58.0 Å². The molecule has 96 valence electrons. The summed E-state index contributed by atoms with van der Waals surface area (Å²) in [6.07, 6.45) is 3.56. The van der Waals surface area contributed by atoms with Crippen LogP contribution in [-0.2, 0) is 25.9 Å². The molecule has 0 aromatic carbocycles. The fourth-order valence-electron chi connectivity index (χ4n) is 2.59. The van der Waals surface area contributed by atoms with Crippen molar-refractivity contribution in [2.24, 2.45) is 0 Å². The van der Waals surface area contributed by atoms with E-state index < -0.39 is 0 Å². The van der Waals surface area contributed by atoms with Crippen LogP contribution in [-0.4, -0.2) is 27.3 Å². The number of aromatic amines is 1. The first-order valence-corrected chi connectivity index (χ1v) is 6.38. The van der Waals surface area contributed by atoms with E-state index in [-0.39, 0.29) is 0 Å². The molecule has 0 saturated heterocycles. The molecule has 0 aliphatic heterocycles. The van der Waals surface area contributed by atoms with Crippen LogP contribution in [0.4, 0.5) is 0 Å². The highest BCUT2D eigenvalue weighted by Crippen LogP contribution is 2.23. The molecule has 2 aromatic heterocycles. The molecular weight excluding hydrogens is 228 g/mol. The number of hydrogen-bond donors (Lipinski definition) is 1. The van der Waals surface area contributed by atoms with Crippen LogP contribution in [0.5, 0.6) is 0 Å². The summed E-state index contributed by atoms with van der Waals surface area (Å²) in [4.78, 5) is 2.20. The highest BCUT2D eigenvalue weighted by atomic mass is 16.5. The largest absolute Gasteiger partial charge is 0.360 e. The second-order valence-electron chi connectivity index (χ2n) is 5.09. The monoisotopic (exact) mass is 246 g/mol. The van der Waals surface area contributed by atoms with Crippen LogP contribution in [0.25, 0.3) is 0 Å². The fourth-order valence-corrected chi connectivity index (χ4v) is 2.59. The smallest absolute Gasteiger partial charge is 0.150 e. The van der Waals surface area contributed by atoms with E-state index in [9.17, 15) is 0 Å². The highest BCUT2D eigenvalue weighted by Gasteiger charge is 2.19. The van der Waals surface area contributed by atoms with E-state index in [1.807, 2.05) is 13.0 Å². The van der Waals surface area contributed by atoms with E-state index >= 15 is 0 Å². The molecule has 0 atom stereocenters. The standard InChI is InChI=1S/C13H18N4O/c1-9-6-10(18-16-9)7-17(2)8-13-11-4-3-5-12(11)14-15-13/h6H,3-5,7-8H2,1-2H3,(H,14,15). The summed E-state index contributed by atoms with van der Waals surface area (Å²) in [5, 5.41) is 11.5. The molecule has 1 N–H and O–H groups in total. The number of aromatic nitrogens is 3. The van der Waals surface area contributed by atoms with Crippen molar-refractivity contribution < 1.29 is 4.52 Å². The minimum absolute atomic E-state index is 0.766. The average molecular weight is 246 g/mol. The lowest BCUT2D eigenvalue weighted by Gasteiger charge is -2.13. The zero-order chi connectivity index (χ0) is 12.5. The SMILES string of the molecule is Cc1cc(CN(C)Cc2n[nH]c3c2CCC3)on1. The summed E-state index contributed by atoms with van der Waals surface area (Å²) < 4.78 is 5.23. The van der Waals surface area contributed by atoms with Crippen molar-refractivity contribution in [2.75, 3.05) is 7.05 Å². The van der Waals surface area contributed by atoms with Gasteiger partial charge in [-0.15, -0.1) is 0 Å². The van der Waals surface area contributed by atoms with Gasteiger partial charge in [-0.05, 0) is 38.8 Å². The molecule has 0 spiro atoms. The first kappa shape index (κ1) is 11.5. The van der Waals surface area contributed by atoms with Gasteiger partial charge in [-0.25, -0.2) is 0 Å². The molecular formula is C13H18N4O. The first-order valence-electron chi connectivity index (χ1n) is 6.38. The van der Waals surface area contributed by atoms with Crippen molar-refractivity contribution in [1.82, 2.24) is 20.3 Å². The minimum Gasteiger partial charge on any atom is -0.360 e. The number of rotatable bonds is 4. The third-order valence-electron chi connectivity index (χ3n) is 3.41. The van der Waals surface area contributed by atoms with Crippen molar-refractivity contribution in [3.8, 4) is 0 Å². The Bertz CT molecular complexity index is 543. The summed E-state index contributed by atoms with van der Waals surface area (Å²) in [7, 11) is 2.08. The van der Waals surface area contributed by atoms with Gasteiger partial charge in [0.05, 0.1) is 17.9 Å². The number of fused-ring (bicyclic) bond motifs is 1. The molecule has 2 aromatic rings. The van der Waals surface area contributed by atoms with Crippen molar-refractivity contribution >= 4 is 0 Å². The van der Waals surface area contributed by atoms with Gasteiger partial charge in [0, 0.05) is 18.3 Å². The number of nitrogens with one attached hydrogen (secondary N) is 1. The number of H-pyrrole nitrogens is 1. The van der Waals surface area contributed by atoms with Gasteiger partial charge in [0.1, 0.15) is 0 Å². The Hall–Kier alpha value is -1.62. The van der Waals surface area contributed by atoms with Gasteiger partial charge in [0.25, 0.3) is 0 Å². The summed E-state index contributed by atoms with van der Waals surface area (Å²) in [5.41, 5.74) is 4.87. The number of nitrogens with zero attached hydrogens (tertiary/aromatic N) is 3. The van der Waals surface area contributed by atoms with Gasteiger partial charge in [-0.1, -0.05) is 5.16 Å². The maximum Gasteiger partial charge on any atom is 0.150 e. The molecule has 0 amide bonds. The van der Waals surface area contributed by atoms with Gasteiger partial charge in [-0.3, -0.25) is 10.00 Å². The summed E-state index contributed by atoms with van der Waals surface area (Å²) in [6, 6.07) is 1.98. The lowest BCUT2D eigenvalue weighted by molar-refractivity contribution is 0.263. The summed E-state index contributed by atoms with van der Waals surface area (Å²) in [5.74, 6) is 0.905. The molecule has 1 aliphatic rings. The average Bonchev–Trinajstić information content (AvgIpc) is 2.98. The predicted octanol–water partition coefficient (Wildman–Crippen LogP) is 1.83. The van der Waals surface area contributed by atoms with E-state index in [2.05, 4.69) is 27.3 Å². The molecule has 3 rings (SSSR count). The second kappa shape index (κ2) is 4.57. The Morgan fingerprint density at radius 3 is 3.06 bits per heavy atom. The van der Waals surface area contributed by atoms with Crippen molar-refractivity contribution in [2.45, 2.75) is 39.3 Å². The van der Waals surface area contributed by atoms with Gasteiger partial charge in [0.2, 0.25) is 0 Å². The maximum absolute atomic E-state index is 5.23. The maximum atomic E-state index is 5.23. The fraction of sp³-hybridized carbons (Fsp3) is 0.538. The molecule has 5 nitrogen and oxygen atoms in total. The molecule has 1 aliphatic carbocycles. The molecule has 2 heterocycles. The molecule has 5 heteroatoms. The summed E-state index contributed by atoms with van der Waals surface area (Å²) in [6.45, 7) is 3.56. The molecule has 0 bridgehead atoms. The van der Waals surface area contributed by atoms with Gasteiger partial charge >= 0.3 is 0 Å². The second-order valence-corrected chi connectivity index (χ2v) is 5.09. The first-order chi connectivity index (χ1) is 8.72. The molecule has 18 heavy (non-hydrogen) atoms. The van der Waals surface area contributed by atoms with Crippen LogP contribution in [0, 0.1) is 6.92 Å². The Morgan fingerprint density at radius 1 is 1.39 bits per heavy atom. The number of hydrogen-bond acceptors (Lipinski definition) is 4. The third kappa shape index (κ3) is 2.18. The van der Waals surface area contributed by atoms with Crippen molar-refractivity contribution in [3.63, 3.8) is 0 Å². The van der Waals surface area contributed by atoms with Gasteiger partial charge in [-0.2, -0.15) is 5.10 Å². The molecule has 0 saturated carbocycles. The molecule has 0 fully saturated rings. The molecule has 0 unspecified atom stereocenters. The van der Waals surface area contributed by atoms with Crippen molar-refractivity contribution in [3.05, 3.63) is 34.5 Å². The van der Waals surface area contributed by atoms with E-state index in [1.54, 1.807) is 0 Å². The Labute approximate surface area is 106 Å². The van der Waals surface area contributed by atoms with Crippen LogP contribution < -0.4 is 0 Å². The predicted molar refractivity (Wildman–Crippen MR) is 67.0 cm³/mol. The van der Waals surface area contributed by atoms with E-state index in [1.165, 1.54) is 23.4 Å². The highest BCUT2D eigenvalue weighted by molar-refractivity contribution is 5.29. The zero-order valence-electron chi connectivity index (χ0n) is 10.9. The molecule has 0 radical (unpaired) electrons. The third-order valence-corrected chi connectivity index (χ3v) is 3.41. The van der Waals surface area contributed by atoms with Crippen LogP contribution in [0.2, 0.25) is 0 Å². The Morgan fingerprint density at radius 2 is 2.28 bits per heavy atom. The van der Waals surface area contributed by atoms with Crippen LogP contribution in [0.3, 0.4) is 0 Å². The van der Waals surface area contributed by atoms with Crippen molar-refractivity contribution in [1.29, 1.82) is 0 Å². The lowest BCUT2D eigenvalue weighted by atomic mass is 10.2.